The van der Waals surface area contributed by atoms with E-state index in [2.05, 4.69) is 20.9 Å². The molecule has 0 aliphatic heterocycles. The molecular formula is C23H39N5O2. The first-order valence-corrected chi connectivity index (χ1v) is 11.2. The molecule has 1 aliphatic rings. The van der Waals surface area contributed by atoms with Crippen molar-refractivity contribution in [2.45, 2.75) is 51.2 Å². The summed E-state index contributed by atoms with van der Waals surface area (Å²) >= 11 is 0. The lowest BCUT2D eigenvalue weighted by molar-refractivity contribution is 0.0277. The topological polar surface area (TPSA) is 78.0 Å². The molecule has 2 rings (SSSR count). The van der Waals surface area contributed by atoms with Gasteiger partial charge in [-0.1, -0.05) is 31.4 Å². The highest BCUT2D eigenvalue weighted by atomic mass is 16.5. The van der Waals surface area contributed by atoms with Crippen molar-refractivity contribution in [3.63, 3.8) is 0 Å². The molecule has 3 N–H and O–H groups in total. The molecule has 0 atom stereocenters. The van der Waals surface area contributed by atoms with Gasteiger partial charge in [0.15, 0.2) is 5.96 Å². The Kier molecular flexibility index (Phi) is 11.3. The van der Waals surface area contributed by atoms with Gasteiger partial charge in [0.25, 0.3) is 5.91 Å². The molecule has 1 saturated carbocycles. The van der Waals surface area contributed by atoms with Gasteiger partial charge in [-0.2, -0.15) is 0 Å². The standard InChI is InChI=1S/C23H39N5O2/c1-24-23(26-13-8-16-30-21-11-5-4-6-12-21)27-18-19-9-7-10-20(17-19)22(29)25-14-15-28(2)3/h7,9-10,17,21H,4-6,8,11-16,18H2,1-3H3,(H,25,29)(H2,24,26,27). The zero-order valence-corrected chi connectivity index (χ0v) is 18.9. The van der Waals surface area contributed by atoms with Crippen LogP contribution in [0.4, 0.5) is 0 Å². The molecule has 30 heavy (non-hydrogen) atoms. The van der Waals surface area contributed by atoms with Crippen LogP contribution < -0.4 is 16.0 Å². The zero-order chi connectivity index (χ0) is 21.6. The number of guanidine groups is 1. The van der Waals surface area contributed by atoms with Gasteiger partial charge in [-0.25, -0.2) is 0 Å². The summed E-state index contributed by atoms with van der Waals surface area (Å²) in [5, 5.41) is 9.59. The SMILES string of the molecule is CN=C(NCCCOC1CCCCC1)NCc1cccc(C(=O)NCCN(C)C)c1. The van der Waals surface area contributed by atoms with E-state index in [0.717, 1.165) is 37.6 Å². The van der Waals surface area contributed by atoms with Gasteiger partial charge in [0, 0.05) is 45.4 Å². The predicted molar refractivity (Wildman–Crippen MR) is 123 cm³/mol. The molecule has 0 heterocycles. The quantitative estimate of drug-likeness (QED) is 0.293. The fraction of sp³-hybridized carbons (Fsp3) is 0.652. The summed E-state index contributed by atoms with van der Waals surface area (Å²) in [6.07, 6.45) is 7.81. The lowest BCUT2D eigenvalue weighted by atomic mass is 9.98. The van der Waals surface area contributed by atoms with E-state index >= 15 is 0 Å². The van der Waals surface area contributed by atoms with Gasteiger partial charge >= 0.3 is 0 Å². The maximum atomic E-state index is 12.3. The Morgan fingerprint density at radius 3 is 2.67 bits per heavy atom. The first-order chi connectivity index (χ1) is 14.6. The number of benzene rings is 1. The molecule has 168 valence electrons. The minimum atomic E-state index is -0.0424. The van der Waals surface area contributed by atoms with Crippen LogP contribution in [0.1, 0.15) is 54.4 Å². The lowest BCUT2D eigenvalue weighted by Gasteiger charge is -2.22. The zero-order valence-electron chi connectivity index (χ0n) is 18.9. The number of rotatable bonds is 11. The van der Waals surface area contributed by atoms with Crippen molar-refractivity contribution in [1.82, 2.24) is 20.9 Å². The number of carbonyl (C=O) groups is 1. The van der Waals surface area contributed by atoms with Gasteiger partial charge in [0.05, 0.1) is 6.10 Å². The van der Waals surface area contributed by atoms with Crippen LogP contribution in [0.25, 0.3) is 0 Å². The number of hydrogen-bond donors (Lipinski definition) is 3. The number of hydrogen-bond acceptors (Lipinski definition) is 4. The fourth-order valence-electron chi connectivity index (χ4n) is 3.48. The van der Waals surface area contributed by atoms with Crippen molar-refractivity contribution in [2.24, 2.45) is 4.99 Å². The van der Waals surface area contributed by atoms with Crippen molar-refractivity contribution >= 4 is 11.9 Å². The van der Waals surface area contributed by atoms with Crippen LogP contribution in [0.15, 0.2) is 29.3 Å². The molecule has 7 nitrogen and oxygen atoms in total. The molecular weight excluding hydrogens is 378 g/mol. The number of amides is 1. The van der Waals surface area contributed by atoms with Crippen molar-refractivity contribution in [1.29, 1.82) is 0 Å². The van der Waals surface area contributed by atoms with E-state index in [1.807, 2.05) is 43.3 Å². The van der Waals surface area contributed by atoms with Crippen LogP contribution in [-0.4, -0.2) is 70.3 Å². The molecule has 1 aromatic rings. The molecule has 0 unspecified atom stereocenters. The van der Waals surface area contributed by atoms with Crippen molar-refractivity contribution in [2.75, 3.05) is 47.4 Å². The molecule has 0 bridgehead atoms. The number of nitrogens with one attached hydrogen (secondary N) is 3. The Hall–Kier alpha value is -2.12. The van der Waals surface area contributed by atoms with E-state index in [-0.39, 0.29) is 5.91 Å². The summed E-state index contributed by atoms with van der Waals surface area (Å²) in [5.74, 6) is 0.715. The third kappa shape index (κ3) is 9.59. The summed E-state index contributed by atoms with van der Waals surface area (Å²) in [6.45, 7) is 3.67. The van der Waals surface area contributed by atoms with E-state index in [1.54, 1.807) is 7.05 Å². The second-order valence-corrected chi connectivity index (χ2v) is 8.10. The van der Waals surface area contributed by atoms with E-state index in [9.17, 15) is 4.79 Å². The average molecular weight is 418 g/mol. The third-order valence-electron chi connectivity index (χ3n) is 5.24. The highest BCUT2D eigenvalue weighted by Crippen LogP contribution is 2.20. The maximum Gasteiger partial charge on any atom is 0.251 e. The van der Waals surface area contributed by atoms with E-state index in [1.165, 1.54) is 32.1 Å². The molecule has 1 aromatic carbocycles. The summed E-state index contributed by atoms with van der Waals surface area (Å²) in [7, 11) is 5.74. The van der Waals surface area contributed by atoms with Gasteiger partial charge in [-0.05, 0) is 51.1 Å². The van der Waals surface area contributed by atoms with Crippen LogP contribution >= 0.6 is 0 Å². The molecule has 7 heteroatoms. The highest BCUT2D eigenvalue weighted by molar-refractivity contribution is 5.94. The molecule has 1 amide bonds. The second-order valence-electron chi connectivity index (χ2n) is 8.10. The minimum absolute atomic E-state index is 0.0424. The second kappa shape index (κ2) is 14.0. The number of nitrogens with zero attached hydrogens (tertiary/aromatic N) is 2. The first kappa shape index (κ1) is 24.2. The highest BCUT2D eigenvalue weighted by Gasteiger charge is 2.13. The van der Waals surface area contributed by atoms with Crippen LogP contribution in [0, 0.1) is 0 Å². The largest absolute Gasteiger partial charge is 0.378 e. The van der Waals surface area contributed by atoms with E-state index in [0.29, 0.717) is 24.8 Å². The normalized spacial score (nSPS) is 15.3. The van der Waals surface area contributed by atoms with Crippen molar-refractivity contribution in [3.8, 4) is 0 Å². The van der Waals surface area contributed by atoms with E-state index in [4.69, 9.17) is 4.74 Å². The Balaban J connectivity index is 1.66. The van der Waals surface area contributed by atoms with Crippen LogP contribution in [0.5, 0.6) is 0 Å². The molecule has 0 saturated heterocycles. The van der Waals surface area contributed by atoms with Gasteiger partial charge in [0.1, 0.15) is 0 Å². The van der Waals surface area contributed by atoms with Crippen molar-refractivity contribution in [3.05, 3.63) is 35.4 Å². The number of aliphatic imine (C=N–C) groups is 1. The Bertz CT molecular complexity index is 657. The first-order valence-electron chi connectivity index (χ1n) is 11.2. The van der Waals surface area contributed by atoms with Gasteiger partial charge < -0.3 is 25.6 Å². The maximum absolute atomic E-state index is 12.3. The number of likely N-dealkylation sites (N-methyl/N-ethyl adjacent to an activating group) is 1. The third-order valence-corrected chi connectivity index (χ3v) is 5.24. The molecule has 1 aliphatic carbocycles. The molecule has 1 fully saturated rings. The number of ether oxygens (including phenoxy) is 1. The predicted octanol–water partition coefficient (Wildman–Crippen LogP) is 2.38. The van der Waals surface area contributed by atoms with Crippen LogP contribution in [-0.2, 0) is 11.3 Å². The summed E-state index contributed by atoms with van der Waals surface area (Å²) in [5.41, 5.74) is 1.72. The summed E-state index contributed by atoms with van der Waals surface area (Å²) in [6, 6.07) is 7.68. The van der Waals surface area contributed by atoms with Crippen LogP contribution in [0.3, 0.4) is 0 Å². The smallest absolute Gasteiger partial charge is 0.251 e. The number of carbonyl (C=O) groups excluding carboxylic acids is 1. The average Bonchev–Trinajstić information content (AvgIpc) is 2.76. The van der Waals surface area contributed by atoms with Crippen molar-refractivity contribution < 1.29 is 9.53 Å². The fourth-order valence-corrected chi connectivity index (χ4v) is 3.48. The molecule has 0 aromatic heterocycles. The summed E-state index contributed by atoms with van der Waals surface area (Å²) in [4.78, 5) is 18.6. The van der Waals surface area contributed by atoms with Gasteiger partial charge in [-0.15, -0.1) is 0 Å². The van der Waals surface area contributed by atoms with Crippen LogP contribution in [0.2, 0.25) is 0 Å². The molecule has 0 radical (unpaired) electrons. The Morgan fingerprint density at radius 1 is 1.13 bits per heavy atom. The van der Waals surface area contributed by atoms with Gasteiger partial charge in [0.2, 0.25) is 0 Å². The Morgan fingerprint density at radius 2 is 1.93 bits per heavy atom. The molecule has 0 spiro atoms. The minimum Gasteiger partial charge on any atom is -0.378 e. The lowest BCUT2D eigenvalue weighted by Crippen LogP contribution is -2.37. The summed E-state index contributed by atoms with van der Waals surface area (Å²) < 4.78 is 5.96. The van der Waals surface area contributed by atoms with Gasteiger partial charge in [-0.3, -0.25) is 9.79 Å². The monoisotopic (exact) mass is 417 g/mol. The van der Waals surface area contributed by atoms with E-state index < -0.39 is 0 Å². The Labute approximate surface area is 181 Å².